The summed E-state index contributed by atoms with van der Waals surface area (Å²) in [5.74, 6) is -4.15. The third-order valence-corrected chi connectivity index (χ3v) is 2.49. The Morgan fingerprint density at radius 3 is 2.32 bits per heavy atom. The highest BCUT2D eigenvalue weighted by atomic mass is 19.2. The lowest BCUT2D eigenvalue weighted by molar-refractivity contribution is 0.448. The number of benzene rings is 2. The summed E-state index contributed by atoms with van der Waals surface area (Å²) in [5, 5.41) is 11.4. The molecular weight excluding hydrogens is 255 g/mol. The van der Waals surface area contributed by atoms with Crippen molar-refractivity contribution in [1.29, 1.82) is 5.26 Å². The zero-order valence-electron chi connectivity index (χ0n) is 9.55. The molecule has 0 spiro atoms. The molecule has 0 aliphatic heterocycles. The number of nitriles is 1. The fourth-order valence-electron chi connectivity index (χ4n) is 1.55. The molecule has 0 aliphatic carbocycles. The molecule has 0 radical (unpaired) electrons. The molecule has 19 heavy (non-hydrogen) atoms. The fourth-order valence-corrected chi connectivity index (χ4v) is 1.55. The molecule has 0 atom stereocenters. The van der Waals surface area contributed by atoms with Gasteiger partial charge in [0.2, 0.25) is 0 Å². The zero-order chi connectivity index (χ0) is 14.0. The second-order valence-electron chi connectivity index (χ2n) is 3.76. The molecule has 2 aromatic rings. The Kier molecular flexibility index (Phi) is 3.29. The van der Waals surface area contributed by atoms with Crippen LogP contribution >= 0.6 is 0 Å². The number of nitrogen functional groups attached to an aromatic ring is 1. The van der Waals surface area contributed by atoms with E-state index >= 15 is 0 Å². The molecule has 2 rings (SSSR count). The maximum atomic E-state index is 13.1. The first-order valence-corrected chi connectivity index (χ1v) is 5.23. The molecule has 0 heterocycles. The Bertz CT molecular complexity index is 654. The average molecular weight is 263 g/mol. The minimum atomic E-state index is -1.54. The van der Waals surface area contributed by atoms with E-state index in [2.05, 4.69) is 5.32 Å². The van der Waals surface area contributed by atoms with E-state index in [9.17, 15) is 13.2 Å². The summed E-state index contributed by atoms with van der Waals surface area (Å²) < 4.78 is 38.9. The molecule has 0 unspecified atom stereocenters. The summed E-state index contributed by atoms with van der Waals surface area (Å²) >= 11 is 0. The van der Waals surface area contributed by atoms with Gasteiger partial charge in [0.05, 0.1) is 16.9 Å². The van der Waals surface area contributed by atoms with Gasteiger partial charge in [-0.3, -0.25) is 0 Å². The quantitative estimate of drug-likeness (QED) is 0.645. The van der Waals surface area contributed by atoms with Crippen molar-refractivity contribution < 1.29 is 13.2 Å². The van der Waals surface area contributed by atoms with Gasteiger partial charge >= 0.3 is 0 Å². The van der Waals surface area contributed by atoms with Gasteiger partial charge in [-0.15, -0.1) is 0 Å². The van der Waals surface area contributed by atoms with Gasteiger partial charge in [0.25, 0.3) is 0 Å². The van der Waals surface area contributed by atoms with Crippen molar-refractivity contribution in [2.24, 2.45) is 0 Å². The largest absolute Gasteiger partial charge is 0.396 e. The highest BCUT2D eigenvalue weighted by Gasteiger charge is 2.11. The first-order valence-electron chi connectivity index (χ1n) is 5.23. The van der Waals surface area contributed by atoms with Crippen LogP contribution in [0.25, 0.3) is 0 Å². The van der Waals surface area contributed by atoms with Crippen LogP contribution in [0, 0.1) is 28.8 Å². The lowest BCUT2D eigenvalue weighted by atomic mass is 10.1. The highest BCUT2D eigenvalue weighted by molar-refractivity contribution is 5.77. The average Bonchev–Trinajstić information content (AvgIpc) is 2.38. The molecule has 0 saturated heterocycles. The summed E-state index contributed by atoms with van der Waals surface area (Å²) in [6.07, 6.45) is 0. The number of nitrogens with one attached hydrogen (secondary N) is 1. The van der Waals surface area contributed by atoms with Crippen LogP contribution in [0.15, 0.2) is 30.3 Å². The number of hydrogen-bond acceptors (Lipinski definition) is 3. The van der Waals surface area contributed by atoms with Crippen molar-refractivity contribution in [3.63, 3.8) is 0 Å². The standard InChI is InChI=1S/C13H8F3N3/c14-9-4-8(5-10(15)12(9)16)19-11-3-1-2-7(6-17)13(11)18/h1-5,19H,18H2. The van der Waals surface area contributed by atoms with Gasteiger partial charge in [-0.1, -0.05) is 6.07 Å². The van der Waals surface area contributed by atoms with E-state index in [1.807, 2.05) is 6.07 Å². The van der Waals surface area contributed by atoms with Gasteiger partial charge in [0.15, 0.2) is 17.5 Å². The Labute approximate surface area is 107 Å². The Morgan fingerprint density at radius 1 is 1.11 bits per heavy atom. The van der Waals surface area contributed by atoms with E-state index in [1.54, 1.807) is 6.07 Å². The molecule has 0 saturated carbocycles. The maximum absolute atomic E-state index is 13.1. The number of anilines is 3. The number of nitrogens with two attached hydrogens (primary N) is 1. The van der Waals surface area contributed by atoms with Crippen LogP contribution in [-0.2, 0) is 0 Å². The van der Waals surface area contributed by atoms with E-state index in [0.717, 1.165) is 12.1 Å². The Balaban J connectivity index is 2.40. The van der Waals surface area contributed by atoms with Gasteiger partial charge in [0.1, 0.15) is 6.07 Å². The van der Waals surface area contributed by atoms with E-state index in [1.165, 1.54) is 12.1 Å². The zero-order valence-corrected chi connectivity index (χ0v) is 9.55. The number of para-hydroxylation sites is 1. The number of rotatable bonds is 2. The highest BCUT2D eigenvalue weighted by Crippen LogP contribution is 2.27. The second-order valence-corrected chi connectivity index (χ2v) is 3.76. The lowest BCUT2D eigenvalue weighted by Crippen LogP contribution is -2.00. The van der Waals surface area contributed by atoms with Crippen molar-refractivity contribution in [3.8, 4) is 6.07 Å². The smallest absolute Gasteiger partial charge is 0.194 e. The normalized spacial score (nSPS) is 10.0. The molecule has 0 fully saturated rings. The monoisotopic (exact) mass is 263 g/mol. The van der Waals surface area contributed by atoms with E-state index < -0.39 is 17.5 Å². The third-order valence-electron chi connectivity index (χ3n) is 2.49. The molecule has 2 aromatic carbocycles. The molecule has 0 aromatic heterocycles. The van der Waals surface area contributed by atoms with Crippen LogP contribution in [-0.4, -0.2) is 0 Å². The molecule has 0 bridgehead atoms. The molecule has 6 heteroatoms. The van der Waals surface area contributed by atoms with Crippen LogP contribution in [0.2, 0.25) is 0 Å². The van der Waals surface area contributed by atoms with Crippen LogP contribution in [0.1, 0.15) is 5.56 Å². The molecule has 3 N–H and O–H groups in total. The maximum Gasteiger partial charge on any atom is 0.194 e. The molecule has 3 nitrogen and oxygen atoms in total. The first-order chi connectivity index (χ1) is 9.02. The summed E-state index contributed by atoms with van der Waals surface area (Å²) in [7, 11) is 0. The van der Waals surface area contributed by atoms with Crippen molar-refractivity contribution in [3.05, 3.63) is 53.3 Å². The summed E-state index contributed by atoms with van der Waals surface area (Å²) in [4.78, 5) is 0. The van der Waals surface area contributed by atoms with Crippen molar-refractivity contribution in [2.45, 2.75) is 0 Å². The van der Waals surface area contributed by atoms with Gasteiger partial charge in [-0.25, -0.2) is 13.2 Å². The molecule has 96 valence electrons. The predicted molar refractivity (Wildman–Crippen MR) is 65.2 cm³/mol. The molecule has 0 amide bonds. The van der Waals surface area contributed by atoms with Crippen LogP contribution in [0.5, 0.6) is 0 Å². The first kappa shape index (κ1) is 12.8. The second kappa shape index (κ2) is 4.90. The fraction of sp³-hybridized carbons (Fsp3) is 0. The van der Waals surface area contributed by atoms with Gasteiger partial charge in [-0.2, -0.15) is 5.26 Å². The predicted octanol–water partition coefficient (Wildman–Crippen LogP) is 3.30. The van der Waals surface area contributed by atoms with Crippen LogP contribution in [0.4, 0.5) is 30.2 Å². The summed E-state index contributed by atoms with van der Waals surface area (Å²) in [6, 6.07) is 8.09. The van der Waals surface area contributed by atoms with E-state index in [0.29, 0.717) is 5.69 Å². The van der Waals surface area contributed by atoms with Gasteiger partial charge in [-0.05, 0) is 12.1 Å². The van der Waals surface area contributed by atoms with E-state index in [-0.39, 0.29) is 16.9 Å². The number of nitrogens with zero attached hydrogens (tertiary/aromatic N) is 1. The lowest BCUT2D eigenvalue weighted by Gasteiger charge is -2.10. The molecular formula is C13H8F3N3. The van der Waals surface area contributed by atoms with Crippen molar-refractivity contribution >= 4 is 17.1 Å². The van der Waals surface area contributed by atoms with Crippen molar-refractivity contribution in [2.75, 3.05) is 11.1 Å². The molecule has 0 aliphatic rings. The van der Waals surface area contributed by atoms with Crippen LogP contribution in [0.3, 0.4) is 0 Å². The SMILES string of the molecule is N#Cc1cccc(Nc2cc(F)c(F)c(F)c2)c1N. The summed E-state index contributed by atoms with van der Waals surface area (Å²) in [6.45, 7) is 0. The topological polar surface area (TPSA) is 61.8 Å². The minimum Gasteiger partial charge on any atom is -0.396 e. The minimum absolute atomic E-state index is 0.00168. The van der Waals surface area contributed by atoms with E-state index in [4.69, 9.17) is 11.0 Å². The van der Waals surface area contributed by atoms with Crippen LogP contribution < -0.4 is 11.1 Å². The third kappa shape index (κ3) is 2.45. The Hall–Kier alpha value is -2.68. The number of halogens is 3. The van der Waals surface area contributed by atoms with Gasteiger partial charge < -0.3 is 11.1 Å². The Morgan fingerprint density at radius 2 is 1.74 bits per heavy atom. The summed E-state index contributed by atoms with van der Waals surface area (Å²) in [5.41, 5.74) is 6.39. The van der Waals surface area contributed by atoms with Crippen molar-refractivity contribution in [1.82, 2.24) is 0 Å². The number of hydrogen-bond donors (Lipinski definition) is 2. The van der Waals surface area contributed by atoms with Gasteiger partial charge in [0, 0.05) is 17.8 Å².